The molecular weight excluding hydrogens is 371 g/mol. The van der Waals surface area contributed by atoms with Gasteiger partial charge in [-0.1, -0.05) is 63.8 Å². The number of nitrogens with one attached hydrogen (secondary N) is 1. The first-order chi connectivity index (χ1) is 14.5. The second kappa shape index (κ2) is 14.5. The van der Waals surface area contributed by atoms with Crippen LogP contribution >= 0.6 is 0 Å². The van der Waals surface area contributed by atoms with Gasteiger partial charge in [0.25, 0.3) is 0 Å². The van der Waals surface area contributed by atoms with Crippen molar-refractivity contribution < 1.29 is 4.39 Å². The summed E-state index contributed by atoms with van der Waals surface area (Å²) in [6.45, 7) is 18.5. The number of aromatic nitrogens is 1. The Morgan fingerprint density at radius 3 is 2.30 bits per heavy atom. The van der Waals surface area contributed by atoms with Gasteiger partial charge in [-0.05, 0) is 86.7 Å². The van der Waals surface area contributed by atoms with Gasteiger partial charge in [-0.25, -0.2) is 4.39 Å². The largest absolute Gasteiger partial charge is 0.317 e. The van der Waals surface area contributed by atoms with Crippen LogP contribution in [0.2, 0.25) is 0 Å². The Morgan fingerprint density at radius 2 is 1.87 bits per heavy atom. The number of allylic oxidation sites excluding steroid dienone is 4. The third-order valence-electron chi connectivity index (χ3n) is 4.85. The normalized spacial score (nSPS) is 12.5. The predicted molar refractivity (Wildman–Crippen MR) is 130 cm³/mol. The number of benzene rings is 1. The lowest BCUT2D eigenvalue weighted by atomic mass is 10.0. The highest BCUT2D eigenvalue weighted by Gasteiger charge is 2.05. The number of halogens is 1. The minimum atomic E-state index is -0.133. The molecule has 1 fully saturated rings. The fourth-order valence-corrected chi connectivity index (χ4v) is 2.81. The molecule has 1 saturated heterocycles. The van der Waals surface area contributed by atoms with Crippen molar-refractivity contribution in [3.63, 3.8) is 0 Å². The molecule has 2 heterocycles. The molecule has 1 aromatic carbocycles. The highest BCUT2D eigenvalue weighted by molar-refractivity contribution is 5.73. The molecule has 162 valence electrons. The summed E-state index contributed by atoms with van der Waals surface area (Å²) in [4.78, 5) is 4.58. The zero-order chi connectivity index (χ0) is 22.4. The quantitative estimate of drug-likeness (QED) is 0.513. The van der Waals surface area contributed by atoms with E-state index in [1.165, 1.54) is 25.6 Å². The summed E-state index contributed by atoms with van der Waals surface area (Å²) in [7, 11) is 0. The Labute approximate surface area is 182 Å². The summed E-state index contributed by atoms with van der Waals surface area (Å²) >= 11 is 0. The number of nitrogens with zero attached hydrogens (tertiary/aromatic N) is 1. The van der Waals surface area contributed by atoms with Gasteiger partial charge in [-0.15, -0.1) is 0 Å². The molecule has 3 rings (SSSR count). The minimum Gasteiger partial charge on any atom is -0.317 e. The van der Waals surface area contributed by atoms with Crippen LogP contribution in [0.3, 0.4) is 0 Å². The van der Waals surface area contributed by atoms with Crippen molar-refractivity contribution in [3.8, 4) is 0 Å². The third kappa shape index (κ3) is 8.87. The first-order valence-corrected chi connectivity index (χ1v) is 10.9. The topological polar surface area (TPSA) is 24.9 Å². The van der Waals surface area contributed by atoms with E-state index in [0.717, 1.165) is 52.9 Å². The van der Waals surface area contributed by atoms with E-state index in [4.69, 9.17) is 0 Å². The van der Waals surface area contributed by atoms with Crippen LogP contribution < -0.4 is 5.32 Å². The van der Waals surface area contributed by atoms with Crippen molar-refractivity contribution in [1.82, 2.24) is 10.3 Å². The molecular formula is C27H37FN2. The Bertz CT molecular complexity index is 829. The highest BCUT2D eigenvalue weighted by atomic mass is 19.1. The molecule has 0 unspecified atom stereocenters. The summed E-state index contributed by atoms with van der Waals surface area (Å²) in [5.74, 6) is -0.133. The molecule has 2 nitrogen and oxygen atoms in total. The fraction of sp³-hybridized carbons (Fsp3) is 0.370. The first-order valence-electron chi connectivity index (χ1n) is 10.9. The van der Waals surface area contributed by atoms with E-state index in [9.17, 15) is 4.39 Å². The SMILES string of the molecule is C1CNC1.C=C/C(=C\C)c1ccc(C(=C)CC)c(C)n1.CCCc1cccc(F)c1. The molecule has 0 amide bonds. The molecule has 0 saturated carbocycles. The van der Waals surface area contributed by atoms with Gasteiger partial charge in [-0.2, -0.15) is 0 Å². The minimum absolute atomic E-state index is 0.133. The summed E-state index contributed by atoms with van der Waals surface area (Å²) in [5.41, 5.74) is 6.45. The Morgan fingerprint density at radius 1 is 1.20 bits per heavy atom. The van der Waals surface area contributed by atoms with Gasteiger partial charge in [0, 0.05) is 5.69 Å². The first kappa shape index (κ1) is 25.5. The molecule has 0 radical (unpaired) electrons. The lowest BCUT2D eigenvalue weighted by Crippen LogP contribution is -2.29. The zero-order valence-electron chi connectivity index (χ0n) is 19.1. The molecule has 1 N–H and O–H groups in total. The summed E-state index contributed by atoms with van der Waals surface area (Å²) in [5, 5.41) is 3.11. The van der Waals surface area contributed by atoms with Gasteiger partial charge in [0.2, 0.25) is 0 Å². The molecule has 3 heteroatoms. The van der Waals surface area contributed by atoms with Gasteiger partial charge >= 0.3 is 0 Å². The summed E-state index contributed by atoms with van der Waals surface area (Å²) in [6.07, 6.45) is 8.24. The van der Waals surface area contributed by atoms with Crippen molar-refractivity contribution in [2.75, 3.05) is 13.1 Å². The van der Waals surface area contributed by atoms with Gasteiger partial charge in [0.1, 0.15) is 5.82 Å². The molecule has 1 aliphatic heterocycles. The summed E-state index contributed by atoms with van der Waals surface area (Å²) in [6, 6.07) is 10.9. The number of hydrogen-bond acceptors (Lipinski definition) is 2. The van der Waals surface area contributed by atoms with Crippen LogP contribution in [0.4, 0.5) is 4.39 Å². The van der Waals surface area contributed by atoms with E-state index < -0.39 is 0 Å². The smallest absolute Gasteiger partial charge is 0.123 e. The molecule has 0 spiro atoms. The molecule has 1 aliphatic rings. The van der Waals surface area contributed by atoms with Crippen LogP contribution in [-0.2, 0) is 6.42 Å². The maximum absolute atomic E-state index is 12.5. The van der Waals surface area contributed by atoms with Crippen LogP contribution in [0, 0.1) is 12.7 Å². The van der Waals surface area contributed by atoms with Gasteiger partial charge in [0.15, 0.2) is 0 Å². The Balaban J connectivity index is 0.000000270. The monoisotopic (exact) mass is 408 g/mol. The lowest BCUT2D eigenvalue weighted by molar-refractivity contribution is 0.527. The maximum Gasteiger partial charge on any atom is 0.123 e. The molecule has 2 aromatic rings. The van der Waals surface area contributed by atoms with E-state index in [1.807, 2.05) is 38.1 Å². The van der Waals surface area contributed by atoms with Crippen LogP contribution in [0.1, 0.15) is 62.5 Å². The number of pyridine rings is 1. The molecule has 30 heavy (non-hydrogen) atoms. The van der Waals surface area contributed by atoms with Crippen LogP contribution in [0.15, 0.2) is 61.7 Å². The van der Waals surface area contributed by atoms with Crippen LogP contribution in [-0.4, -0.2) is 18.1 Å². The third-order valence-corrected chi connectivity index (χ3v) is 4.85. The number of aryl methyl sites for hydroxylation is 2. The molecule has 0 bridgehead atoms. The van der Waals surface area contributed by atoms with Gasteiger partial charge in [0.05, 0.1) is 5.69 Å². The van der Waals surface area contributed by atoms with Crippen LogP contribution in [0.5, 0.6) is 0 Å². The Kier molecular flexibility index (Phi) is 12.3. The molecule has 1 aromatic heterocycles. The lowest BCUT2D eigenvalue weighted by Gasteiger charge is -2.09. The van der Waals surface area contributed by atoms with E-state index in [1.54, 1.807) is 12.1 Å². The fourth-order valence-electron chi connectivity index (χ4n) is 2.81. The second-order valence-corrected chi connectivity index (χ2v) is 7.22. The Hall–Kier alpha value is -2.52. The van der Waals surface area contributed by atoms with Crippen molar-refractivity contribution in [2.45, 2.75) is 53.4 Å². The maximum atomic E-state index is 12.5. The zero-order valence-corrected chi connectivity index (χ0v) is 19.1. The molecule has 0 atom stereocenters. The van der Waals surface area contributed by atoms with E-state index in [-0.39, 0.29) is 5.82 Å². The number of rotatable bonds is 6. The predicted octanol–water partition coefficient (Wildman–Crippen LogP) is 7.16. The average Bonchev–Trinajstić information content (AvgIpc) is 2.68. The second-order valence-electron chi connectivity index (χ2n) is 7.22. The van der Waals surface area contributed by atoms with Crippen LogP contribution in [0.25, 0.3) is 11.1 Å². The van der Waals surface area contributed by atoms with Crippen molar-refractivity contribution >= 4 is 11.1 Å². The average molecular weight is 409 g/mol. The highest BCUT2D eigenvalue weighted by Crippen LogP contribution is 2.21. The summed E-state index contributed by atoms with van der Waals surface area (Å²) < 4.78 is 12.5. The van der Waals surface area contributed by atoms with Gasteiger partial charge in [-0.3, -0.25) is 4.98 Å². The standard InChI is InChI=1S/C15H19N.C9H11F.C3H7N/c1-6-11(4)14-9-10-15(16-12(14)5)13(7-2)8-3;1-2-4-8-5-3-6-9(10)7-8;1-2-4-3-1/h7-10H,2,4,6H2,1,3,5H3;3,5-7H,2,4H2,1H3;4H,1-3H2/b13-8+;;. The molecule has 0 aliphatic carbocycles. The van der Waals surface area contributed by atoms with E-state index in [0.29, 0.717) is 0 Å². The van der Waals surface area contributed by atoms with E-state index >= 15 is 0 Å². The van der Waals surface area contributed by atoms with Crippen molar-refractivity contribution in [1.29, 1.82) is 0 Å². The van der Waals surface area contributed by atoms with Gasteiger partial charge < -0.3 is 5.32 Å². The van der Waals surface area contributed by atoms with Crippen molar-refractivity contribution in [3.05, 3.63) is 90.0 Å². The number of hydrogen-bond donors (Lipinski definition) is 1. The van der Waals surface area contributed by atoms with Crippen molar-refractivity contribution in [2.24, 2.45) is 0 Å². The van der Waals surface area contributed by atoms with E-state index in [2.05, 4.69) is 43.4 Å².